The van der Waals surface area contributed by atoms with Crippen LogP contribution in [0, 0.1) is 22.7 Å². The van der Waals surface area contributed by atoms with Crippen LogP contribution in [0.5, 0.6) is 0 Å². The summed E-state index contributed by atoms with van der Waals surface area (Å²) >= 11 is 0. The van der Waals surface area contributed by atoms with Crippen LogP contribution in [0.1, 0.15) is 23.6 Å². The zero-order chi connectivity index (χ0) is 14.4. The highest BCUT2D eigenvalue weighted by atomic mass is 15.2. The second kappa shape index (κ2) is 6.72. The highest BCUT2D eigenvalue weighted by molar-refractivity contribution is 5.61. The van der Waals surface area contributed by atoms with E-state index in [1.807, 2.05) is 33.0 Å². The lowest BCUT2D eigenvalue weighted by Crippen LogP contribution is -2.29. The minimum absolute atomic E-state index is 0.490. The van der Waals surface area contributed by atoms with Gasteiger partial charge in [0, 0.05) is 26.3 Å². The first kappa shape index (κ1) is 14.9. The third kappa shape index (κ3) is 3.43. The second-order valence-electron chi connectivity index (χ2n) is 4.65. The average Bonchev–Trinajstić information content (AvgIpc) is 2.42. The molecule has 0 N–H and O–H groups in total. The van der Waals surface area contributed by atoms with Crippen molar-refractivity contribution < 1.29 is 0 Å². The van der Waals surface area contributed by atoms with Gasteiger partial charge in [-0.2, -0.15) is 10.5 Å². The maximum Gasteiger partial charge on any atom is 0.146 e. The van der Waals surface area contributed by atoms with Gasteiger partial charge in [-0.05, 0) is 26.1 Å². The van der Waals surface area contributed by atoms with Crippen LogP contribution in [0.2, 0.25) is 0 Å². The molecule has 1 rings (SSSR count). The van der Waals surface area contributed by atoms with Crippen molar-refractivity contribution in [3.63, 3.8) is 0 Å². The lowest BCUT2D eigenvalue weighted by Gasteiger charge is -2.22. The number of nitriles is 2. The average molecular weight is 257 g/mol. The van der Waals surface area contributed by atoms with E-state index in [2.05, 4.69) is 22.0 Å². The Morgan fingerprint density at radius 2 is 1.84 bits per heavy atom. The van der Waals surface area contributed by atoms with Crippen LogP contribution >= 0.6 is 0 Å². The van der Waals surface area contributed by atoms with Gasteiger partial charge in [-0.3, -0.25) is 0 Å². The predicted octanol–water partition coefficient (Wildman–Crippen LogP) is 1.39. The molecule has 5 heteroatoms. The molecule has 1 aromatic heterocycles. The molecule has 0 aliphatic heterocycles. The summed E-state index contributed by atoms with van der Waals surface area (Å²) < 4.78 is 0. The maximum atomic E-state index is 9.34. The molecule has 1 heterocycles. The van der Waals surface area contributed by atoms with Gasteiger partial charge in [0.1, 0.15) is 18.0 Å². The highest BCUT2D eigenvalue weighted by Gasteiger charge is 2.16. The summed E-state index contributed by atoms with van der Waals surface area (Å²) in [6.07, 6.45) is 2.21. The maximum absolute atomic E-state index is 9.34. The molecule has 0 saturated carbocycles. The third-order valence-corrected chi connectivity index (χ3v) is 3.00. The summed E-state index contributed by atoms with van der Waals surface area (Å²) in [6, 6.07) is 4.29. The monoisotopic (exact) mass is 257 g/mol. The van der Waals surface area contributed by atoms with Gasteiger partial charge in [-0.1, -0.05) is 6.92 Å². The number of hydrogen-bond acceptors (Lipinski definition) is 5. The number of nitrogens with zero attached hydrogens (tertiary/aromatic N) is 5. The minimum atomic E-state index is 0.490. The molecule has 0 radical (unpaired) electrons. The number of hydrogen-bond donors (Lipinski definition) is 0. The van der Waals surface area contributed by atoms with Crippen molar-refractivity contribution in [3.8, 4) is 12.1 Å². The summed E-state index contributed by atoms with van der Waals surface area (Å²) in [7, 11) is 5.92. The fourth-order valence-electron chi connectivity index (χ4n) is 1.86. The summed E-state index contributed by atoms with van der Waals surface area (Å²) in [5, 5.41) is 18.4. The molecule has 0 spiro atoms. The number of aromatic nitrogens is 1. The molecular formula is C14H19N5. The van der Waals surface area contributed by atoms with E-state index in [1.165, 1.54) is 0 Å². The summed E-state index contributed by atoms with van der Waals surface area (Å²) in [5.41, 5.74) is 1.79. The number of pyridine rings is 1. The van der Waals surface area contributed by atoms with Crippen molar-refractivity contribution in [3.05, 3.63) is 22.9 Å². The Kier molecular flexibility index (Phi) is 5.29. The van der Waals surface area contributed by atoms with E-state index in [-0.39, 0.29) is 0 Å². The topological polar surface area (TPSA) is 67.0 Å². The van der Waals surface area contributed by atoms with E-state index >= 15 is 0 Å². The predicted molar refractivity (Wildman–Crippen MR) is 74.9 cm³/mol. The Labute approximate surface area is 114 Å². The van der Waals surface area contributed by atoms with E-state index in [9.17, 15) is 5.26 Å². The molecule has 100 valence electrons. The first-order valence-electron chi connectivity index (χ1n) is 6.23. The van der Waals surface area contributed by atoms with E-state index < -0.39 is 0 Å². The van der Waals surface area contributed by atoms with Crippen molar-refractivity contribution in [2.75, 3.05) is 39.1 Å². The van der Waals surface area contributed by atoms with Gasteiger partial charge >= 0.3 is 0 Å². The molecule has 0 unspecified atom stereocenters. The summed E-state index contributed by atoms with van der Waals surface area (Å²) in [6.45, 7) is 3.61. The van der Waals surface area contributed by atoms with Gasteiger partial charge in [-0.25, -0.2) is 4.98 Å². The molecule has 0 saturated heterocycles. The molecule has 1 aromatic rings. The highest BCUT2D eigenvalue weighted by Crippen LogP contribution is 2.23. The minimum Gasteiger partial charge on any atom is -0.357 e. The lowest BCUT2D eigenvalue weighted by molar-refractivity contribution is 0.416. The molecular weight excluding hydrogens is 238 g/mol. The van der Waals surface area contributed by atoms with Crippen LogP contribution in [-0.2, 0) is 6.42 Å². The van der Waals surface area contributed by atoms with Crippen LogP contribution < -0.4 is 4.90 Å². The Morgan fingerprint density at radius 1 is 1.16 bits per heavy atom. The van der Waals surface area contributed by atoms with E-state index in [1.54, 1.807) is 6.20 Å². The fraction of sp³-hybridized carbons (Fsp3) is 0.500. The zero-order valence-electron chi connectivity index (χ0n) is 11.9. The van der Waals surface area contributed by atoms with Gasteiger partial charge in [0.2, 0.25) is 0 Å². The quantitative estimate of drug-likeness (QED) is 0.797. The van der Waals surface area contributed by atoms with E-state index in [4.69, 9.17) is 5.26 Å². The van der Waals surface area contributed by atoms with Gasteiger partial charge in [0.15, 0.2) is 0 Å². The van der Waals surface area contributed by atoms with Crippen molar-refractivity contribution in [1.82, 2.24) is 9.88 Å². The lowest BCUT2D eigenvalue weighted by atomic mass is 10.0. The molecule has 0 atom stereocenters. The molecule has 5 nitrogen and oxygen atoms in total. The largest absolute Gasteiger partial charge is 0.357 e. The Bertz CT molecular complexity index is 522. The first-order chi connectivity index (χ1) is 9.04. The van der Waals surface area contributed by atoms with Gasteiger partial charge in [0.25, 0.3) is 0 Å². The standard InChI is InChI=1S/C14H19N5/c1-5-12-11(8-15)10-17-14(13(12)9-16)19(4)7-6-18(2)3/h10H,5-7H2,1-4H3. The Morgan fingerprint density at radius 3 is 2.32 bits per heavy atom. The number of rotatable bonds is 5. The van der Waals surface area contributed by atoms with Gasteiger partial charge in [-0.15, -0.1) is 0 Å². The van der Waals surface area contributed by atoms with Crippen molar-refractivity contribution in [2.45, 2.75) is 13.3 Å². The molecule has 19 heavy (non-hydrogen) atoms. The molecule has 0 amide bonds. The van der Waals surface area contributed by atoms with Gasteiger partial charge in [0.05, 0.1) is 11.1 Å². The smallest absolute Gasteiger partial charge is 0.146 e. The van der Waals surface area contributed by atoms with E-state index in [0.717, 1.165) is 18.7 Å². The fourth-order valence-corrected chi connectivity index (χ4v) is 1.86. The first-order valence-corrected chi connectivity index (χ1v) is 6.23. The molecule has 0 fully saturated rings. The number of anilines is 1. The van der Waals surface area contributed by atoms with Crippen molar-refractivity contribution >= 4 is 5.82 Å². The Balaban J connectivity index is 3.16. The van der Waals surface area contributed by atoms with Gasteiger partial charge < -0.3 is 9.80 Å². The number of likely N-dealkylation sites (N-methyl/N-ethyl adjacent to an activating group) is 2. The van der Waals surface area contributed by atoms with Crippen molar-refractivity contribution in [2.24, 2.45) is 0 Å². The van der Waals surface area contributed by atoms with Crippen LogP contribution in [0.4, 0.5) is 5.82 Å². The van der Waals surface area contributed by atoms with Crippen LogP contribution in [0.15, 0.2) is 6.20 Å². The summed E-state index contributed by atoms with van der Waals surface area (Å²) in [5.74, 6) is 0.653. The van der Waals surface area contributed by atoms with Crippen LogP contribution in [0.3, 0.4) is 0 Å². The summed E-state index contributed by atoms with van der Waals surface area (Å²) in [4.78, 5) is 8.30. The SMILES string of the molecule is CCc1c(C#N)cnc(N(C)CCN(C)C)c1C#N. The normalized spacial score (nSPS) is 10.1. The Hall–Kier alpha value is -2.11. The van der Waals surface area contributed by atoms with Crippen molar-refractivity contribution in [1.29, 1.82) is 10.5 Å². The van der Waals surface area contributed by atoms with E-state index in [0.29, 0.717) is 23.4 Å². The molecule has 0 aliphatic carbocycles. The van der Waals surface area contributed by atoms with Crippen LogP contribution in [0.25, 0.3) is 0 Å². The second-order valence-corrected chi connectivity index (χ2v) is 4.65. The third-order valence-electron chi connectivity index (χ3n) is 3.00. The molecule has 0 aromatic carbocycles. The van der Waals surface area contributed by atoms with Crippen LogP contribution in [-0.4, -0.2) is 44.1 Å². The zero-order valence-corrected chi connectivity index (χ0v) is 11.9. The molecule has 0 bridgehead atoms. The molecule has 0 aliphatic rings.